The summed E-state index contributed by atoms with van der Waals surface area (Å²) in [7, 11) is 0. The quantitative estimate of drug-likeness (QED) is 0.534. The lowest BCUT2D eigenvalue weighted by Crippen LogP contribution is -2.52. The minimum atomic E-state index is -1.31. The lowest BCUT2D eigenvalue weighted by Gasteiger charge is -2.30. The third kappa shape index (κ3) is 3.77. The van der Waals surface area contributed by atoms with E-state index < -0.39 is 17.9 Å². The van der Waals surface area contributed by atoms with Gasteiger partial charge in [0.25, 0.3) is 5.91 Å². The van der Waals surface area contributed by atoms with Gasteiger partial charge in [0.2, 0.25) is 0 Å². The van der Waals surface area contributed by atoms with E-state index in [0.29, 0.717) is 17.3 Å². The molecule has 7 heteroatoms. The Morgan fingerprint density at radius 3 is 2.64 bits per heavy atom. The van der Waals surface area contributed by atoms with Crippen LogP contribution in [-0.4, -0.2) is 33.7 Å². The van der Waals surface area contributed by atoms with Gasteiger partial charge in [-0.15, -0.1) is 0 Å². The van der Waals surface area contributed by atoms with Crippen LogP contribution < -0.4 is 9.84 Å². The van der Waals surface area contributed by atoms with Gasteiger partial charge in [0, 0.05) is 5.56 Å². The van der Waals surface area contributed by atoms with Crippen molar-refractivity contribution >= 4 is 57.0 Å². The summed E-state index contributed by atoms with van der Waals surface area (Å²) >= 11 is 6.41. The number of benzene rings is 2. The molecule has 0 aromatic heterocycles. The number of thiocarbonyl (C=S) groups is 1. The standard InChI is InChI=1S/C21H21NO4S2/c1-4-26-16-10-9-13-7-5-6-8-14(13)15(16)11-17-19(23)22(21(27)28-17)18(12(2)3)20(24)25/h5-12,18H,4H2,1-3H3,(H,24,25)/p-1/b17-11-/t18-/m0/s1. The van der Waals surface area contributed by atoms with E-state index in [-0.39, 0.29) is 10.2 Å². The predicted octanol–water partition coefficient (Wildman–Crippen LogP) is 3.21. The lowest BCUT2D eigenvalue weighted by atomic mass is 10.0. The molecule has 146 valence electrons. The molecule has 28 heavy (non-hydrogen) atoms. The number of ether oxygens (including phenoxy) is 1. The molecule has 1 aliphatic rings. The van der Waals surface area contributed by atoms with Crippen molar-refractivity contribution in [3.63, 3.8) is 0 Å². The minimum Gasteiger partial charge on any atom is -0.548 e. The summed E-state index contributed by atoms with van der Waals surface area (Å²) in [6, 6.07) is 10.5. The third-order valence-electron chi connectivity index (χ3n) is 4.48. The van der Waals surface area contributed by atoms with Crippen LogP contribution in [0.15, 0.2) is 41.3 Å². The molecular weight excluding hydrogens is 394 g/mol. The summed E-state index contributed by atoms with van der Waals surface area (Å²) in [6.45, 7) is 5.83. The Hall–Kier alpha value is -2.38. The van der Waals surface area contributed by atoms with Crippen LogP contribution in [0.4, 0.5) is 0 Å². The molecule has 1 atom stereocenters. The highest BCUT2D eigenvalue weighted by molar-refractivity contribution is 8.26. The normalized spacial score (nSPS) is 17.0. The topological polar surface area (TPSA) is 69.7 Å². The van der Waals surface area contributed by atoms with Gasteiger partial charge < -0.3 is 14.6 Å². The fourth-order valence-electron chi connectivity index (χ4n) is 3.23. The van der Waals surface area contributed by atoms with Crippen molar-refractivity contribution in [3.8, 4) is 5.75 Å². The Morgan fingerprint density at radius 2 is 2.00 bits per heavy atom. The van der Waals surface area contributed by atoms with Crippen molar-refractivity contribution in [3.05, 3.63) is 46.9 Å². The number of fused-ring (bicyclic) bond motifs is 1. The Morgan fingerprint density at radius 1 is 1.29 bits per heavy atom. The fourth-order valence-corrected chi connectivity index (χ4v) is 4.54. The molecule has 0 radical (unpaired) electrons. The maximum atomic E-state index is 13.0. The van der Waals surface area contributed by atoms with Crippen LogP contribution in [0.1, 0.15) is 26.3 Å². The first-order valence-corrected chi connectivity index (χ1v) is 10.2. The van der Waals surface area contributed by atoms with Gasteiger partial charge in [-0.25, -0.2) is 0 Å². The molecule has 0 unspecified atom stereocenters. The Kier molecular flexibility index (Phi) is 6.05. The first kappa shape index (κ1) is 20.4. The third-order valence-corrected chi connectivity index (χ3v) is 5.81. The number of carbonyl (C=O) groups excluding carboxylic acids is 2. The first-order chi connectivity index (χ1) is 13.3. The SMILES string of the molecule is CCOc1ccc2ccccc2c1/C=C1\SC(=S)N([C@H](C(=O)[O-])C(C)C)C1=O. The molecule has 1 saturated heterocycles. The Bertz CT molecular complexity index is 984. The van der Waals surface area contributed by atoms with Crippen LogP contribution in [0.5, 0.6) is 5.75 Å². The maximum Gasteiger partial charge on any atom is 0.266 e. The monoisotopic (exact) mass is 414 g/mol. The molecule has 1 heterocycles. The van der Waals surface area contributed by atoms with E-state index >= 15 is 0 Å². The van der Waals surface area contributed by atoms with Gasteiger partial charge in [-0.3, -0.25) is 9.69 Å². The molecule has 1 amide bonds. The molecule has 3 rings (SSSR count). The molecule has 0 spiro atoms. The van der Waals surface area contributed by atoms with Gasteiger partial charge in [-0.05, 0) is 35.8 Å². The molecular formula is C21H20NO4S2-. The number of hydrogen-bond acceptors (Lipinski definition) is 6. The molecule has 1 fully saturated rings. The molecule has 0 bridgehead atoms. The number of carboxylic acids is 1. The van der Waals surface area contributed by atoms with Crippen LogP contribution >= 0.6 is 24.0 Å². The van der Waals surface area contributed by atoms with E-state index in [0.717, 1.165) is 33.0 Å². The minimum absolute atomic E-state index is 0.220. The largest absolute Gasteiger partial charge is 0.548 e. The number of carboxylic acid groups (broad SMARTS) is 1. The van der Waals surface area contributed by atoms with Gasteiger partial charge in [0.05, 0.1) is 23.5 Å². The highest BCUT2D eigenvalue weighted by Gasteiger charge is 2.39. The van der Waals surface area contributed by atoms with Gasteiger partial charge in [-0.2, -0.15) is 0 Å². The van der Waals surface area contributed by atoms with E-state index in [4.69, 9.17) is 17.0 Å². The summed E-state index contributed by atoms with van der Waals surface area (Å²) in [5, 5.41) is 13.5. The van der Waals surface area contributed by atoms with Crippen molar-refractivity contribution in [2.45, 2.75) is 26.8 Å². The zero-order valence-corrected chi connectivity index (χ0v) is 17.4. The summed E-state index contributed by atoms with van der Waals surface area (Å²) in [5.74, 6) is -1.41. The van der Waals surface area contributed by atoms with Crippen molar-refractivity contribution in [2.24, 2.45) is 5.92 Å². The number of aliphatic carboxylic acids is 1. The van der Waals surface area contributed by atoms with Crippen LogP contribution in [0.25, 0.3) is 16.8 Å². The predicted molar refractivity (Wildman–Crippen MR) is 114 cm³/mol. The average Bonchev–Trinajstić information content (AvgIpc) is 2.91. The smallest absolute Gasteiger partial charge is 0.266 e. The second-order valence-electron chi connectivity index (χ2n) is 6.69. The van der Waals surface area contributed by atoms with Crippen molar-refractivity contribution < 1.29 is 19.4 Å². The highest BCUT2D eigenvalue weighted by Crippen LogP contribution is 2.38. The van der Waals surface area contributed by atoms with E-state index in [9.17, 15) is 14.7 Å². The van der Waals surface area contributed by atoms with Crippen LogP contribution in [0.2, 0.25) is 0 Å². The number of rotatable bonds is 6. The van der Waals surface area contributed by atoms with Gasteiger partial charge >= 0.3 is 0 Å². The van der Waals surface area contributed by atoms with Gasteiger partial charge in [0.1, 0.15) is 10.1 Å². The maximum absolute atomic E-state index is 13.0. The number of amides is 1. The van der Waals surface area contributed by atoms with E-state index in [2.05, 4.69) is 0 Å². The number of hydrogen-bond donors (Lipinski definition) is 0. The summed E-state index contributed by atoms with van der Waals surface area (Å²) in [4.78, 5) is 26.1. The van der Waals surface area contributed by atoms with Crippen LogP contribution in [-0.2, 0) is 9.59 Å². The van der Waals surface area contributed by atoms with Crippen molar-refractivity contribution in [2.75, 3.05) is 6.61 Å². The summed E-state index contributed by atoms with van der Waals surface area (Å²) in [5.41, 5.74) is 0.773. The Balaban J connectivity index is 2.10. The van der Waals surface area contributed by atoms with Crippen molar-refractivity contribution in [1.82, 2.24) is 4.90 Å². The van der Waals surface area contributed by atoms with Crippen molar-refractivity contribution in [1.29, 1.82) is 0 Å². The molecule has 0 aliphatic carbocycles. The second-order valence-corrected chi connectivity index (χ2v) is 8.37. The molecule has 2 aromatic carbocycles. The lowest BCUT2D eigenvalue weighted by molar-refractivity contribution is -0.311. The van der Waals surface area contributed by atoms with E-state index in [1.54, 1.807) is 19.9 Å². The number of thioether (sulfide) groups is 1. The zero-order valence-electron chi connectivity index (χ0n) is 15.8. The average molecular weight is 415 g/mol. The molecule has 0 N–H and O–H groups in total. The second kappa shape index (κ2) is 8.32. The summed E-state index contributed by atoms with van der Waals surface area (Å²) < 4.78 is 5.97. The zero-order chi connectivity index (χ0) is 20.4. The van der Waals surface area contributed by atoms with E-state index in [1.165, 1.54) is 0 Å². The van der Waals surface area contributed by atoms with Gasteiger partial charge in [-0.1, -0.05) is 68.2 Å². The number of nitrogens with zero attached hydrogens (tertiary/aromatic N) is 1. The molecule has 2 aromatic rings. The summed E-state index contributed by atoms with van der Waals surface area (Å²) in [6.07, 6.45) is 1.74. The number of carbonyl (C=O) groups is 2. The Labute approximate surface area is 173 Å². The highest BCUT2D eigenvalue weighted by atomic mass is 32.2. The molecule has 5 nitrogen and oxygen atoms in total. The molecule has 1 aliphatic heterocycles. The van der Waals surface area contributed by atoms with Crippen LogP contribution in [0, 0.1) is 5.92 Å². The fraction of sp³-hybridized carbons (Fsp3) is 0.286. The van der Waals surface area contributed by atoms with E-state index in [1.807, 2.05) is 43.3 Å². The molecule has 0 saturated carbocycles. The van der Waals surface area contributed by atoms with Gasteiger partial charge in [0.15, 0.2) is 0 Å². The van der Waals surface area contributed by atoms with Crippen LogP contribution in [0.3, 0.4) is 0 Å². The first-order valence-electron chi connectivity index (χ1n) is 8.97.